The Morgan fingerprint density at radius 2 is 2.08 bits per heavy atom. The van der Waals surface area contributed by atoms with Crippen LogP contribution in [-0.2, 0) is 0 Å². The SMILES string of the molecule is Cc1cc(C2CCNCC2)oc(=O)c1C(=O)N1CCC(c2ccn[nH]2)C1. The van der Waals surface area contributed by atoms with E-state index in [4.69, 9.17) is 4.42 Å². The van der Waals surface area contributed by atoms with Crippen LogP contribution < -0.4 is 10.9 Å². The van der Waals surface area contributed by atoms with E-state index in [1.54, 1.807) is 11.1 Å². The van der Waals surface area contributed by atoms with Gasteiger partial charge in [0.2, 0.25) is 0 Å². The van der Waals surface area contributed by atoms with Crippen LogP contribution in [0, 0.1) is 6.92 Å². The molecule has 4 rings (SSSR count). The van der Waals surface area contributed by atoms with E-state index in [2.05, 4.69) is 15.5 Å². The molecular weight excluding hydrogens is 332 g/mol. The lowest BCUT2D eigenvalue weighted by molar-refractivity contribution is 0.0784. The molecule has 4 heterocycles. The predicted octanol–water partition coefficient (Wildman–Crippen LogP) is 1.77. The maximum absolute atomic E-state index is 12.9. The average Bonchev–Trinajstić information content (AvgIpc) is 3.33. The number of rotatable bonds is 3. The second-order valence-electron chi connectivity index (χ2n) is 7.27. The van der Waals surface area contributed by atoms with E-state index in [0.717, 1.165) is 38.0 Å². The molecule has 0 spiro atoms. The fourth-order valence-corrected chi connectivity index (χ4v) is 4.05. The highest BCUT2D eigenvalue weighted by atomic mass is 16.4. The Bertz CT molecular complexity index is 837. The summed E-state index contributed by atoms with van der Waals surface area (Å²) in [6.07, 6.45) is 4.49. The van der Waals surface area contributed by atoms with E-state index in [1.165, 1.54) is 0 Å². The largest absolute Gasteiger partial charge is 0.427 e. The van der Waals surface area contributed by atoms with Crippen LogP contribution >= 0.6 is 0 Å². The summed E-state index contributed by atoms with van der Waals surface area (Å²) >= 11 is 0. The second kappa shape index (κ2) is 7.07. The van der Waals surface area contributed by atoms with Crippen LogP contribution in [0.5, 0.6) is 0 Å². The highest BCUT2D eigenvalue weighted by molar-refractivity contribution is 5.95. The van der Waals surface area contributed by atoms with Crippen molar-refractivity contribution in [1.82, 2.24) is 20.4 Å². The van der Waals surface area contributed by atoms with E-state index in [-0.39, 0.29) is 23.3 Å². The first-order chi connectivity index (χ1) is 12.6. The average molecular weight is 356 g/mol. The first-order valence-electron chi connectivity index (χ1n) is 9.27. The molecule has 0 saturated carbocycles. The van der Waals surface area contributed by atoms with Gasteiger partial charge < -0.3 is 14.6 Å². The number of hydrogen-bond donors (Lipinski definition) is 2. The minimum Gasteiger partial charge on any atom is -0.427 e. The molecule has 2 saturated heterocycles. The Morgan fingerprint density at radius 3 is 2.77 bits per heavy atom. The number of H-pyrrole nitrogens is 1. The van der Waals surface area contributed by atoms with Gasteiger partial charge in [-0.25, -0.2) is 4.79 Å². The third-order valence-electron chi connectivity index (χ3n) is 5.56. The fraction of sp³-hybridized carbons (Fsp3) is 0.526. The van der Waals surface area contributed by atoms with Crippen LogP contribution in [0.4, 0.5) is 0 Å². The maximum atomic E-state index is 12.9. The van der Waals surface area contributed by atoms with E-state index in [1.807, 2.05) is 19.1 Å². The number of aromatic nitrogens is 2. The molecule has 0 bridgehead atoms. The molecule has 0 radical (unpaired) electrons. The van der Waals surface area contributed by atoms with Gasteiger partial charge in [0.15, 0.2) is 0 Å². The molecule has 7 nitrogen and oxygen atoms in total. The van der Waals surface area contributed by atoms with Crippen molar-refractivity contribution in [2.45, 2.75) is 38.0 Å². The van der Waals surface area contributed by atoms with E-state index >= 15 is 0 Å². The third-order valence-corrected chi connectivity index (χ3v) is 5.56. The number of aromatic amines is 1. The number of carbonyl (C=O) groups excluding carboxylic acids is 1. The minimum atomic E-state index is -0.506. The third kappa shape index (κ3) is 3.19. The standard InChI is InChI=1S/C19H24N4O3/c1-12-10-16(13-2-6-20-7-3-13)26-19(25)17(12)18(24)23-9-5-14(11-23)15-4-8-21-22-15/h4,8,10,13-14,20H,2-3,5-7,9,11H2,1H3,(H,21,22). The van der Waals surface area contributed by atoms with Gasteiger partial charge in [0.05, 0.1) is 0 Å². The van der Waals surface area contributed by atoms with Crippen molar-refractivity contribution in [3.8, 4) is 0 Å². The molecule has 26 heavy (non-hydrogen) atoms. The Hall–Kier alpha value is -2.41. The predicted molar refractivity (Wildman–Crippen MR) is 96.4 cm³/mol. The van der Waals surface area contributed by atoms with Crippen LogP contribution in [0.25, 0.3) is 0 Å². The Morgan fingerprint density at radius 1 is 1.27 bits per heavy atom. The lowest BCUT2D eigenvalue weighted by Gasteiger charge is -2.22. The van der Waals surface area contributed by atoms with Gasteiger partial charge in [0.1, 0.15) is 11.3 Å². The van der Waals surface area contributed by atoms with Crippen molar-refractivity contribution in [3.63, 3.8) is 0 Å². The van der Waals surface area contributed by atoms with Crippen molar-refractivity contribution in [2.75, 3.05) is 26.2 Å². The molecule has 1 amide bonds. The Kier molecular flexibility index (Phi) is 4.63. The number of piperidine rings is 1. The molecule has 0 aliphatic carbocycles. The first-order valence-corrected chi connectivity index (χ1v) is 9.27. The van der Waals surface area contributed by atoms with Gasteiger partial charge in [-0.2, -0.15) is 5.10 Å². The zero-order valence-electron chi connectivity index (χ0n) is 15.0. The number of nitrogens with zero attached hydrogens (tertiary/aromatic N) is 2. The zero-order valence-corrected chi connectivity index (χ0v) is 15.0. The van der Waals surface area contributed by atoms with Gasteiger partial charge in [0, 0.05) is 36.8 Å². The Balaban J connectivity index is 1.54. The van der Waals surface area contributed by atoms with Gasteiger partial charge in [0.25, 0.3) is 5.91 Å². The van der Waals surface area contributed by atoms with Gasteiger partial charge in [-0.3, -0.25) is 9.89 Å². The molecule has 7 heteroatoms. The van der Waals surface area contributed by atoms with Crippen molar-refractivity contribution in [2.24, 2.45) is 0 Å². The smallest absolute Gasteiger partial charge is 0.349 e. The normalized spacial score (nSPS) is 21.3. The van der Waals surface area contributed by atoms with Crippen LogP contribution in [0.15, 0.2) is 27.5 Å². The molecule has 138 valence electrons. The van der Waals surface area contributed by atoms with Gasteiger partial charge in [-0.05, 0) is 57.0 Å². The van der Waals surface area contributed by atoms with Crippen LogP contribution in [0.1, 0.15) is 58.5 Å². The molecule has 2 aromatic heterocycles. The lowest BCUT2D eigenvalue weighted by Crippen LogP contribution is -2.33. The number of nitrogens with one attached hydrogen (secondary N) is 2. The first kappa shape index (κ1) is 17.0. The van der Waals surface area contributed by atoms with E-state index < -0.39 is 5.63 Å². The zero-order chi connectivity index (χ0) is 18.1. The summed E-state index contributed by atoms with van der Waals surface area (Å²) < 4.78 is 5.56. The number of likely N-dealkylation sites (tertiary alicyclic amines) is 1. The quantitative estimate of drug-likeness (QED) is 0.875. The summed E-state index contributed by atoms with van der Waals surface area (Å²) in [5, 5.41) is 10.3. The topological polar surface area (TPSA) is 91.2 Å². The van der Waals surface area contributed by atoms with Gasteiger partial charge in [-0.1, -0.05) is 0 Å². The van der Waals surface area contributed by atoms with Crippen LogP contribution in [-0.4, -0.2) is 47.2 Å². The molecule has 1 atom stereocenters. The summed E-state index contributed by atoms with van der Waals surface area (Å²) in [5.74, 6) is 0.976. The van der Waals surface area contributed by atoms with Crippen molar-refractivity contribution >= 4 is 5.91 Å². The second-order valence-corrected chi connectivity index (χ2v) is 7.27. The van der Waals surface area contributed by atoms with Crippen molar-refractivity contribution < 1.29 is 9.21 Å². The summed E-state index contributed by atoms with van der Waals surface area (Å²) in [7, 11) is 0. The van der Waals surface area contributed by atoms with Crippen molar-refractivity contribution in [1.29, 1.82) is 0 Å². The summed E-state index contributed by atoms with van der Waals surface area (Å²) in [6, 6.07) is 3.82. The van der Waals surface area contributed by atoms with E-state index in [9.17, 15) is 9.59 Å². The maximum Gasteiger partial charge on any atom is 0.349 e. The molecule has 0 aromatic carbocycles. The number of amides is 1. The number of aryl methyl sites for hydroxylation is 1. The summed E-state index contributed by atoms with van der Waals surface area (Å²) in [5.41, 5.74) is 1.41. The minimum absolute atomic E-state index is 0.174. The molecule has 2 aromatic rings. The molecule has 2 aliphatic rings. The molecule has 2 fully saturated rings. The molecule has 2 aliphatic heterocycles. The van der Waals surface area contributed by atoms with Gasteiger partial charge >= 0.3 is 5.63 Å². The summed E-state index contributed by atoms with van der Waals surface area (Å²) in [6.45, 7) is 4.92. The molecule has 1 unspecified atom stereocenters. The van der Waals surface area contributed by atoms with Crippen molar-refractivity contribution in [3.05, 3.63) is 51.3 Å². The number of carbonyl (C=O) groups is 1. The van der Waals surface area contributed by atoms with E-state index in [0.29, 0.717) is 24.4 Å². The highest BCUT2D eigenvalue weighted by Crippen LogP contribution is 2.28. The monoisotopic (exact) mass is 356 g/mol. The summed E-state index contributed by atoms with van der Waals surface area (Å²) in [4.78, 5) is 27.2. The highest BCUT2D eigenvalue weighted by Gasteiger charge is 2.31. The van der Waals surface area contributed by atoms with Crippen LogP contribution in [0.3, 0.4) is 0 Å². The molecule has 2 N–H and O–H groups in total. The van der Waals surface area contributed by atoms with Crippen LogP contribution in [0.2, 0.25) is 0 Å². The lowest BCUT2D eigenvalue weighted by atomic mass is 9.94. The Labute approximate surface area is 151 Å². The van der Waals surface area contributed by atoms with Gasteiger partial charge in [-0.15, -0.1) is 0 Å². The fourth-order valence-electron chi connectivity index (χ4n) is 4.05. The number of hydrogen-bond acceptors (Lipinski definition) is 5. The molecular formula is C19H24N4O3.